The molecule has 0 bridgehead atoms. The SMILES string of the molecule is COc1ccccc1[C@@H]1[C@@H](C)C(=O)[C@@H](C)[C@H](c2ccccc2OC)N1C=O. The van der Waals surface area contributed by atoms with Crippen LogP contribution >= 0.6 is 0 Å². The van der Waals surface area contributed by atoms with Gasteiger partial charge in [0.15, 0.2) is 0 Å². The van der Waals surface area contributed by atoms with Gasteiger partial charge in [0, 0.05) is 23.0 Å². The smallest absolute Gasteiger partial charge is 0.210 e. The number of rotatable bonds is 5. The molecule has 142 valence electrons. The Hall–Kier alpha value is -2.82. The minimum Gasteiger partial charge on any atom is -0.496 e. The highest BCUT2D eigenvalue weighted by Gasteiger charge is 2.47. The van der Waals surface area contributed by atoms with E-state index in [1.54, 1.807) is 19.1 Å². The van der Waals surface area contributed by atoms with Crippen molar-refractivity contribution in [3.63, 3.8) is 0 Å². The first-order chi connectivity index (χ1) is 13.0. The summed E-state index contributed by atoms with van der Waals surface area (Å²) in [6, 6.07) is 14.3. The minimum absolute atomic E-state index is 0.125. The molecule has 0 spiro atoms. The maximum absolute atomic E-state index is 13.1. The zero-order valence-electron chi connectivity index (χ0n) is 16.1. The number of nitrogens with zero attached hydrogens (tertiary/aromatic N) is 1. The van der Waals surface area contributed by atoms with E-state index in [0.29, 0.717) is 11.5 Å². The number of ketones is 1. The molecular formula is C22H25NO4. The lowest BCUT2D eigenvalue weighted by Crippen LogP contribution is -2.48. The summed E-state index contributed by atoms with van der Waals surface area (Å²) in [6.45, 7) is 3.76. The highest BCUT2D eigenvalue weighted by atomic mass is 16.5. The summed E-state index contributed by atoms with van der Waals surface area (Å²) in [5.41, 5.74) is 1.67. The van der Waals surface area contributed by atoms with E-state index in [-0.39, 0.29) is 17.6 Å². The largest absolute Gasteiger partial charge is 0.496 e. The fourth-order valence-corrected chi connectivity index (χ4v) is 4.23. The average molecular weight is 367 g/mol. The molecule has 27 heavy (non-hydrogen) atoms. The number of carbonyl (C=O) groups is 2. The van der Waals surface area contributed by atoms with Crippen molar-refractivity contribution < 1.29 is 19.1 Å². The summed E-state index contributed by atoms with van der Waals surface area (Å²) in [5.74, 6) is 0.782. The molecule has 5 nitrogen and oxygen atoms in total. The number of carbonyl (C=O) groups excluding carboxylic acids is 2. The minimum atomic E-state index is -0.405. The number of ether oxygens (including phenoxy) is 2. The molecule has 2 aromatic rings. The molecule has 0 N–H and O–H groups in total. The maximum Gasteiger partial charge on any atom is 0.210 e. The molecule has 0 saturated carbocycles. The summed E-state index contributed by atoms with van der Waals surface area (Å²) in [5, 5.41) is 0. The van der Waals surface area contributed by atoms with Crippen LogP contribution in [0.5, 0.6) is 11.5 Å². The van der Waals surface area contributed by atoms with Gasteiger partial charge in [-0.1, -0.05) is 50.2 Å². The maximum atomic E-state index is 13.1. The fraction of sp³-hybridized carbons (Fsp3) is 0.364. The van der Waals surface area contributed by atoms with E-state index in [1.165, 1.54) is 0 Å². The van der Waals surface area contributed by atoms with Crippen molar-refractivity contribution >= 4 is 12.2 Å². The molecule has 1 amide bonds. The van der Waals surface area contributed by atoms with Crippen LogP contribution in [0, 0.1) is 11.8 Å². The van der Waals surface area contributed by atoms with Crippen molar-refractivity contribution in [3.8, 4) is 11.5 Å². The van der Waals surface area contributed by atoms with Gasteiger partial charge in [-0.05, 0) is 12.1 Å². The van der Waals surface area contributed by atoms with Crippen LogP contribution in [-0.2, 0) is 9.59 Å². The normalized spacial score (nSPS) is 25.2. The molecule has 0 aromatic heterocycles. The van der Waals surface area contributed by atoms with Crippen LogP contribution in [0.2, 0.25) is 0 Å². The quantitative estimate of drug-likeness (QED) is 0.755. The Kier molecular flexibility index (Phi) is 5.49. The van der Waals surface area contributed by atoms with Crippen LogP contribution in [0.25, 0.3) is 0 Å². The Morgan fingerprint density at radius 3 is 1.59 bits per heavy atom. The summed E-state index contributed by atoms with van der Waals surface area (Å²) in [7, 11) is 3.19. The Labute approximate surface area is 159 Å². The van der Waals surface area contributed by atoms with Gasteiger partial charge in [0.25, 0.3) is 0 Å². The van der Waals surface area contributed by atoms with Gasteiger partial charge in [-0.3, -0.25) is 9.59 Å². The molecule has 3 rings (SSSR count). The third kappa shape index (κ3) is 3.18. The summed E-state index contributed by atoms with van der Waals surface area (Å²) in [6.07, 6.45) is 0.841. The van der Waals surface area contributed by atoms with Crippen molar-refractivity contribution in [3.05, 3.63) is 59.7 Å². The predicted octanol–water partition coefficient (Wildman–Crippen LogP) is 3.80. The van der Waals surface area contributed by atoms with Crippen LogP contribution < -0.4 is 9.47 Å². The van der Waals surface area contributed by atoms with Crippen LogP contribution in [0.4, 0.5) is 0 Å². The Morgan fingerprint density at radius 2 is 1.22 bits per heavy atom. The number of para-hydroxylation sites is 2. The summed E-state index contributed by atoms with van der Waals surface area (Å²) in [4.78, 5) is 27.1. The van der Waals surface area contributed by atoms with Crippen molar-refractivity contribution in [2.24, 2.45) is 11.8 Å². The number of hydrogen-bond donors (Lipinski definition) is 0. The number of hydrogen-bond acceptors (Lipinski definition) is 4. The molecule has 1 saturated heterocycles. The van der Waals surface area contributed by atoms with Crippen LogP contribution in [0.3, 0.4) is 0 Å². The zero-order valence-corrected chi connectivity index (χ0v) is 16.1. The number of methoxy groups -OCH3 is 2. The van der Waals surface area contributed by atoms with Crippen LogP contribution in [0.1, 0.15) is 37.1 Å². The lowest BCUT2D eigenvalue weighted by molar-refractivity contribution is -0.144. The molecule has 1 aliphatic heterocycles. The number of likely N-dealkylation sites (tertiary alicyclic amines) is 1. The summed E-state index contributed by atoms with van der Waals surface area (Å²) >= 11 is 0. The van der Waals surface area contributed by atoms with E-state index in [9.17, 15) is 9.59 Å². The van der Waals surface area contributed by atoms with Gasteiger partial charge in [-0.15, -0.1) is 0 Å². The van der Waals surface area contributed by atoms with E-state index < -0.39 is 12.1 Å². The molecule has 1 fully saturated rings. The molecular weight excluding hydrogens is 342 g/mol. The molecule has 5 heteroatoms. The molecule has 2 aromatic carbocycles. The third-order valence-corrected chi connectivity index (χ3v) is 5.52. The first kappa shape index (κ1) is 19.0. The topological polar surface area (TPSA) is 55.8 Å². The van der Waals surface area contributed by atoms with E-state index >= 15 is 0 Å². The monoisotopic (exact) mass is 367 g/mol. The van der Waals surface area contributed by atoms with Gasteiger partial charge in [0.05, 0.1) is 26.3 Å². The van der Waals surface area contributed by atoms with Crippen molar-refractivity contribution in [1.29, 1.82) is 0 Å². The number of Topliss-reactive ketones (excluding diaryl/α,β-unsaturated/α-hetero) is 1. The fourth-order valence-electron chi connectivity index (χ4n) is 4.23. The summed E-state index contributed by atoms with van der Waals surface area (Å²) < 4.78 is 11.0. The molecule has 1 heterocycles. The van der Waals surface area contributed by atoms with E-state index in [1.807, 2.05) is 62.4 Å². The average Bonchev–Trinajstić information content (AvgIpc) is 2.71. The Balaban J connectivity index is 2.17. The Morgan fingerprint density at radius 1 is 0.815 bits per heavy atom. The van der Waals surface area contributed by atoms with E-state index in [2.05, 4.69) is 0 Å². The lowest BCUT2D eigenvalue weighted by atomic mass is 9.74. The van der Waals surface area contributed by atoms with Gasteiger partial charge in [0.1, 0.15) is 17.3 Å². The Bertz CT molecular complexity index is 771. The van der Waals surface area contributed by atoms with Crippen LogP contribution in [0.15, 0.2) is 48.5 Å². The van der Waals surface area contributed by atoms with E-state index in [4.69, 9.17) is 9.47 Å². The van der Waals surface area contributed by atoms with Crippen molar-refractivity contribution in [2.45, 2.75) is 25.9 Å². The number of piperidine rings is 1. The number of benzene rings is 2. The number of amides is 1. The predicted molar refractivity (Wildman–Crippen MR) is 103 cm³/mol. The first-order valence-corrected chi connectivity index (χ1v) is 9.07. The van der Waals surface area contributed by atoms with Crippen molar-refractivity contribution in [2.75, 3.05) is 14.2 Å². The molecule has 4 atom stereocenters. The second-order valence-corrected chi connectivity index (χ2v) is 6.91. The van der Waals surface area contributed by atoms with Crippen molar-refractivity contribution in [1.82, 2.24) is 4.90 Å². The molecule has 0 unspecified atom stereocenters. The van der Waals surface area contributed by atoms with Gasteiger partial charge < -0.3 is 14.4 Å². The first-order valence-electron chi connectivity index (χ1n) is 9.07. The standard InChI is InChI=1S/C22H25NO4/c1-14-20(16-9-5-7-11-18(16)26-3)23(13-24)21(15(2)22(14)25)17-10-6-8-12-19(17)27-4/h5-15,20-21H,1-4H3/t14-,15+,20+,21-. The second-order valence-electron chi connectivity index (χ2n) is 6.91. The van der Waals surface area contributed by atoms with Gasteiger partial charge in [-0.2, -0.15) is 0 Å². The van der Waals surface area contributed by atoms with Crippen LogP contribution in [-0.4, -0.2) is 31.3 Å². The highest BCUT2D eigenvalue weighted by molar-refractivity contribution is 5.87. The molecule has 0 radical (unpaired) electrons. The van der Waals surface area contributed by atoms with Gasteiger partial charge >= 0.3 is 0 Å². The lowest BCUT2D eigenvalue weighted by Gasteiger charge is -2.46. The van der Waals surface area contributed by atoms with Gasteiger partial charge in [-0.25, -0.2) is 0 Å². The van der Waals surface area contributed by atoms with E-state index in [0.717, 1.165) is 17.5 Å². The highest BCUT2D eigenvalue weighted by Crippen LogP contribution is 2.48. The third-order valence-electron chi connectivity index (χ3n) is 5.52. The molecule has 0 aliphatic carbocycles. The van der Waals surface area contributed by atoms with Gasteiger partial charge in [0.2, 0.25) is 6.41 Å². The zero-order chi connectivity index (χ0) is 19.6. The second kappa shape index (κ2) is 7.82. The molecule has 1 aliphatic rings.